The highest BCUT2D eigenvalue weighted by Crippen LogP contribution is 2.19. The quantitative estimate of drug-likeness (QED) is 0.433. The monoisotopic (exact) mass is 456 g/mol. The van der Waals surface area contributed by atoms with Crippen molar-refractivity contribution in [2.24, 2.45) is 0 Å². The number of nitrogens with one attached hydrogen (secondary N) is 1. The lowest BCUT2D eigenvalue weighted by atomic mass is 10.1. The first kappa shape index (κ1) is 25.8. The largest absolute Gasteiger partial charge is 0.497 e. The van der Waals surface area contributed by atoms with Crippen molar-refractivity contribution in [1.29, 1.82) is 0 Å². The summed E-state index contributed by atoms with van der Waals surface area (Å²) in [6.07, 6.45) is 2.54. The molecule has 6 heteroatoms. The first-order valence-electron chi connectivity index (χ1n) is 11.3. The predicted molar refractivity (Wildman–Crippen MR) is 133 cm³/mol. The molecule has 5 nitrogen and oxygen atoms in total. The van der Waals surface area contributed by atoms with Crippen LogP contribution in [0.25, 0.3) is 0 Å². The van der Waals surface area contributed by atoms with E-state index in [-0.39, 0.29) is 11.8 Å². The minimum absolute atomic E-state index is 0.0124. The summed E-state index contributed by atoms with van der Waals surface area (Å²) in [5, 5.41) is 3.01. The van der Waals surface area contributed by atoms with Gasteiger partial charge in [-0.3, -0.25) is 9.59 Å². The van der Waals surface area contributed by atoms with E-state index >= 15 is 0 Å². The van der Waals surface area contributed by atoms with Gasteiger partial charge >= 0.3 is 0 Å². The molecule has 2 aromatic carbocycles. The summed E-state index contributed by atoms with van der Waals surface area (Å²) in [6.45, 7) is 7.17. The van der Waals surface area contributed by atoms with Crippen molar-refractivity contribution in [2.45, 2.75) is 58.4 Å². The summed E-state index contributed by atoms with van der Waals surface area (Å²) in [5.41, 5.74) is 3.34. The van der Waals surface area contributed by atoms with E-state index < -0.39 is 6.04 Å². The molecule has 2 amide bonds. The first-order valence-corrected chi connectivity index (χ1v) is 12.5. The topological polar surface area (TPSA) is 58.6 Å². The third-order valence-corrected chi connectivity index (χ3v) is 6.33. The van der Waals surface area contributed by atoms with Crippen LogP contribution in [0.2, 0.25) is 0 Å². The highest BCUT2D eigenvalue weighted by Gasteiger charge is 2.28. The summed E-state index contributed by atoms with van der Waals surface area (Å²) in [5.74, 6) is 1.80. The van der Waals surface area contributed by atoms with Gasteiger partial charge in [0.25, 0.3) is 0 Å². The fraction of sp³-hybridized carbons (Fsp3) is 0.462. The van der Waals surface area contributed by atoms with Crippen LogP contribution in [-0.4, -0.2) is 42.2 Å². The van der Waals surface area contributed by atoms with Gasteiger partial charge in [-0.15, -0.1) is 11.8 Å². The maximum atomic E-state index is 13.2. The molecule has 0 aromatic heterocycles. The second-order valence-corrected chi connectivity index (χ2v) is 8.90. The fourth-order valence-electron chi connectivity index (χ4n) is 3.38. The van der Waals surface area contributed by atoms with Crippen LogP contribution in [0.5, 0.6) is 5.75 Å². The van der Waals surface area contributed by atoms with E-state index in [1.165, 1.54) is 5.56 Å². The molecule has 2 aromatic rings. The average molecular weight is 457 g/mol. The van der Waals surface area contributed by atoms with Gasteiger partial charge in [-0.1, -0.05) is 62.2 Å². The molecule has 0 heterocycles. The van der Waals surface area contributed by atoms with Gasteiger partial charge in [-0.05, 0) is 43.0 Å². The van der Waals surface area contributed by atoms with Crippen molar-refractivity contribution in [3.05, 3.63) is 65.2 Å². The summed E-state index contributed by atoms with van der Waals surface area (Å²) < 4.78 is 5.20. The van der Waals surface area contributed by atoms with E-state index in [0.717, 1.165) is 35.5 Å². The summed E-state index contributed by atoms with van der Waals surface area (Å²) in [4.78, 5) is 27.9. The minimum Gasteiger partial charge on any atom is -0.497 e. The van der Waals surface area contributed by atoms with Gasteiger partial charge in [0.2, 0.25) is 11.8 Å². The van der Waals surface area contributed by atoms with Crippen molar-refractivity contribution in [1.82, 2.24) is 10.2 Å². The molecule has 0 fully saturated rings. The second kappa shape index (κ2) is 13.8. The molecule has 0 spiro atoms. The number of rotatable bonds is 13. The molecule has 2 rings (SSSR count). The van der Waals surface area contributed by atoms with E-state index in [4.69, 9.17) is 4.74 Å². The number of ether oxygens (including phenoxy) is 1. The number of amides is 2. The lowest BCUT2D eigenvalue weighted by Crippen LogP contribution is -2.49. The Hall–Kier alpha value is -2.47. The molecule has 0 aliphatic rings. The summed E-state index contributed by atoms with van der Waals surface area (Å²) >= 11 is 1.57. The van der Waals surface area contributed by atoms with Crippen molar-refractivity contribution < 1.29 is 14.3 Å². The zero-order chi connectivity index (χ0) is 23.3. The maximum Gasteiger partial charge on any atom is 0.242 e. The Kier molecular flexibility index (Phi) is 11.2. The molecule has 0 saturated heterocycles. The Balaban J connectivity index is 2.07. The van der Waals surface area contributed by atoms with Crippen LogP contribution < -0.4 is 10.1 Å². The van der Waals surface area contributed by atoms with Gasteiger partial charge in [0.05, 0.1) is 12.9 Å². The molecule has 0 radical (unpaired) electrons. The zero-order valence-corrected chi connectivity index (χ0v) is 20.5. The number of thioether (sulfide) groups is 1. The number of methoxy groups -OCH3 is 1. The molecule has 32 heavy (non-hydrogen) atoms. The molecule has 0 aliphatic carbocycles. The molecule has 1 N–H and O–H groups in total. The Labute approximate surface area is 196 Å². The average Bonchev–Trinajstić information content (AvgIpc) is 2.80. The number of benzene rings is 2. The Morgan fingerprint density at radius 2 is 1.69 bits per heavy atom. The molecule has 0 saturated carbocycles. The van der Waals surface area contributed by atoms with E-state index in [1.54, 1.807) is 23.8 Å². The minimum atomic E-state index is -0.470. The van der Waals surface area contributed by atoms with Crippen LogP contribution in [-0.2, 0) is 21.9 Å². The third-order valence-electron chi connectivity index (χ3n) is 5.34. The van der Waals surface area contributed by atoms with Crippen LogP contribution in [0.1, 0.15) is 49.8 Å². The molecular weight excluding hydrogens is 420 g/mol. The molecule has 0 aliphatic heterocycles. The lowest BCUT2D eigenvalue weighted by Gasteiger charge is -2.30. The van der Waals surface area contributed by atoms with Gasteiger partial charge in [-0.25, -0.2) is 0 Å². The van der Waals surface area contributed by atoms with Gasteiger partial charge in [0.1, 0.15) is 11.8 Å². The van der Waals surface area contributed by atoms with E-state index in [0.29, 0.717) is 25.3 Å². The van der Waals surface area contributed by atoms with Gasteiger partial charge in [-0.2, -0.15) is 0 Å². The van der Waals surface area contributed by atoms with E-state index in [1.807, 2.05) is 62.4 Å². The van der Waals surface area contributed by atoms with Crippen LogP contribution in [0.15, 0.2) is 48.5 Å². The lowest BCUT2D eigenvalue weighted by molar-refractivity contribution is -0.139. The molecular formula is C26H36N2O3S. The van der Waals surface area contributed by atoms with Crippen LogP contribution >= 0.6 is 11.8 Å². The summed E-state index contributed by atoms with van der Waals surface area (Å²) in [6, 6.07) is 15.5. The Morgan fingerprint density at radius 1 is 1.03 bits per heavy atom. The number of nitrogens with zero attached hydrogens (tertiary/aromatic N) is 1. The van der Waals surface area contributed by atoms with E-state index in [2.05, 4.69) is 12.2 Å². The Morgan fingerprint density at radius 3 is 2.28 bits per heavy atom. The SMILES string of the molecule is CCCCNC(=O)C(CC)N(Cc1ccc(C)cc1)C(=O)CSCc1ccc(OC)cc1. The molecule has 174 valence electrons. The van der Waals surface area contributed by atoms with Crippen molar-refractivity contribution in [3.8, 4) is 5.75 Å². The maximum absolute atomic E-state index is 13.2. The van der Waals surface area contributed by atoms with Crippen LogP contribution in [0.3, 0.4) is 0 Å². The fourth-order valence-corrected chi connectivity index (χ4v) is 4.25. The van der Waals surface area contributed by atoms with Crippen molar-refractivity contribution >= 4 is 23.6 Å². The molecule has 0 bridgehead atoms. The van der Waals surface area contributed by atoms with Crippen LogP contribution in [0, 0.1) is 6.92 Å². The van der Waals surface area contributed by atoms with E-state index in [9.17, 15) is 9.59 Å². The zero-order valence-electron chi connectivity index (χ0n) is 19.7. The number of carbonyl (C=O) groups excluding carboxylic acids is 2. The number of carbonyl (C=O) groups is 2. The number of unbranched alkanes of at least 4 members (excludes halogenated alkanes) is 1. The second-order valence-electron chi connectivity index (χ2n) is 7.92. The highest BCUT2D eigenvalue weighted by molar-refractivity contribution is 7.99. The number of aryl methyl sites for hydroxylation is 1. The van der Waals surface area contributed by atoms with Gasteiger partial charge in [0, 0.05) is 18.8 Å². The normalized spacial score (nSPS) is 11.6. The van der Waals surface area contributed by atoms with Gasteiger partial charge in [0.15, 0.2) is 0 Å². The Bertz CT molecular complexity index is 837. The van der Waals surface area contributed by atoms with Crippen molar-refractivity contribution in [3.63, 3.8) is 0 Å². The third kappa shape index (κ3) is 8.23. The number of hydrogen-bond donors (Lipinski definition) is 1. The molecule has 1 unspecified atom stereocenters. The van der Waals surface area contributed by atoms with Crippen molar-refractivity contribution in [2.75, 3.05) is 19.4 Å². The number of hydrogen-bond acceptors (Lipinski definition) is 4. The standard InChI is InChI=1S/C26H36N2O3S/c1-5-7-16-27-26(30)24(6-2)28(17-21-10-8-20(3)9-11-21)25(29)19-32-18-22-12-14-23(31-4)15-13-22/h8-15,24H,5-7,16-19H2,1-4H3,(H,27,30). The first-order chi connectivity index (χ1) is 15.5. The van der Waals surface area contributed by atoms with Gasteiger partial charge < -0.3 is 15.0 Å². The predicted octanol–water partition coefficient (Wildman–Crippen LogP) is 4.96. The summed E-state index contributed by atoms with van der Waals surface area (Å²) in [7, 11) is 1.65. The highest BCUT2D eigenvalue weighted by atomic mass is 32.2. The molecule has 1 atom stereocenters. The van der Waals surface area contributed by atoms with Crippen LogP contribution in [0.4, 0.5) is 0 Å². The smallest absolute Gasteiger partial charge is 0.242 e.